The summed E-state index contributed by atoms with van der Waals surface area (Å²) in [6, 6.07) is 0.226. The quantitative estimate of drug-likeness (QED) is 0.745. The first-order valence-electron chi connectivity index (χ1n) is 8.26. The van der Waals surface area contributed by atoms with E-state index < -0.39 is 0 Å². The van der Waals surface area contributed by atoms with Crippen LogP contribution in [0.1, 0.15) is 68.9 Å². The van der Waals surface area contributed by atoms with Crippen molar-refractivity contribution in [3.05, 3.63) is 16.4 Å². The first kappa shape index (κ1) is 14.0. The lowest BCUT2D eigenvalue weighted by Crippen LogP contribution is -2.50. The second-order valence-electron chi connectivity index (χ2n) is 7.91. The second kappa shape index (κ2) is 4.68. The standard InChI is InChI=1S/C17H23BrN2O/c1-10(2)20-15(14(18)9-19-20)16(21)17-6-11-3-12(7-17)5-13(4-11)8-17/h9-13H,3-8H2,1-2H3. The van der Waals surface area contributed by atoms with Crippen molar-refractivity contribution >= 4 is 21.7 Å². The molecule has 4 heteroatoms. The van der Waals surface area contributed by atoms with Crippen LogP contribution in [0.2, 0.25) is 0 Å². The van der Waals surface area contributed by atoms with Crippen molar-refractivity contribution < 1.29 is 4.79 Å². The Morgan fingerprint density at radius 2 is 1.76 bits per heavy atom. The van der Waals surface area contributed by atoms with Gasteiger partial charge in [0.1, 0.15) is 5.69 Å². The van der Waals surface area contributed by atoms with Crippen LogP contribution in [0.3, 0.4) is 0 Å². The number of rotatable bonds is 3. The summed E-state index contributed by atoms with van der Waals surface area (Å²) >= 11 is 3.56. The third-order valence-corrected chi connectivity index (χ3v) is 6.56. The van der Waals surface area contributed by atoms with Crippen LogP contribution in [0.5, 0.6) is 0 Å². The van der Waals surface area contributed by atoms with Crippen molar-refractivity contribution in [1.82, 2.24) is 9.78 Å². The highest BCUT2D eigenvalue weighted by atomic mass is 79.9. The Labute approximate surface area is 134 Å². The topological polar surface area (TPSA) is 34.9 Å². The van der Waals surface area contributed by atoms with E-state index in [4.69, 9.17) is 0 Å². The molecule has 4 aliphatic rings. The summed E-state index contributed by atoms with van der Waals surface area (Å²) in [5.41, 5.74) is 0.733. The van der Waals surface area contributed by atoms with E-state index >= 15 is 0 Å². The van der Waals surface area contributed by atoms with Gasteiger partial charge >= 0.3 is 0 Å². The maximum absolute atomic E-state index is 13.4. The molecule has 0 amide bonds. The summed E-state index contributed by atoms with van der Waals surface area (Å²) in [6.45, 7) is 4.19. The molecule has 4 aliphatic carbocycles. The van der Waals surface area contributed by atoms with Gasteiger partial charge in [0.15, 0.2) is 5.78 Å². The Kier molecular flexibility index (Phi) is 3.11. The summed E-state index contributed by atoms with van der Waals surface area (Å²) < 4.78 is 2.78. The van der Waals surface area contributed by atoms with E-state index in [2.05, 4.69) is 34.9 Å². The SMILES string of the molecule is CC(C)n1ncc(Br)c1C(=O)C12CC3CC(CC(C3)C1)C2. The number of aromatic nitrogens is 2. The molecule has 0 spiro atoms. The molecule has 114 valence electrons. The molecule has 0 unspecified atom stereocenters. The molecule has 1 aromatic heterocycles. The van der Waals surface area contributed by atoms with Crippen molar-refractivity contribution in [2.75, 3.05) is 0 Å². The fraction of sp³-hybridized carbons (Fsp3) is 0.765. The van der Waals surface area contributed by atoms with E-state index in [0.717, 1.165) is 47.2 Å². The van der Waals surface area contributed by atoms with Crippen molar-refractivity contribution in [2.45, 2.75) is 58.4 Å². The number of halogens is 1. The lowest BCUT2D eigenvalue weighted by Gasteiger charge is -2.55. The minimum absolute atomic E-state index is 0.0794. The minimum atomic E-state index is -0.0794. The van der Waals surface area contributed by atoms with Crippen LogP contribution in [0, 0.1) is 23.2 Å². The fourth-order valence-corrected chi connectivity index (χ4v) is 6.04. The van der Waals surface area contributed by atoms with Gasteiger partial charge in [-0.2, -0.15) is 5.10 Å². The lowest BCUT2D eigenvalue weighted by atomic mass is 9.48. The van der Waals surface area contributed by atoms with Gasteiger partial charge in [-0.15, -0.1) is 0 Å². The monoisotopic (exact) mass is 350 g/mol. The molecule has 1 heterocycles. The molecule has 5 rings (SSSR count). The van der Waals surface area contributed by atoms with E-state index in [-0.39, 0.29) is 11.5 Å². The molecular weight excluding hydrogens is 328 g/mol. The van der Waals surface area contributed by atoms with E-state index in [1.165, 1.54) is 19.3 Å². The van der Waals surface area contributed by atoms with Crippen LogP contribution < -0.4 is 0 Å². The maximum Gasteiger partial charge on any atom is 0.188 e. The highest BCUT2D eigenvalue weighted by Crippen LogP contribution is 2.61. The molecule has 0 atom stereocenters. The lowest BCUT2D eigenvalue weighted by molar-refractivity contribution is -0.0359. The third kappa shape index (κ3) is 2.05. The van der Waals surface area contributed by atoms with Gasteiger partial charge in [-0.05, 0) is 86.1 Å². The molecule has 4 fully saturated rings. The zero-order valence-corrected chi connectivity index (χ0v) is 14.4. The molecule has 0 radical (unpaired) electrons. The van der Waals surface area contributed by atoms with Crippen LogP contribution in [0.4, 0.5) is 0 Å². The van der Waals surface area contributed by atoms with Gasteiger partial charge < -0.3 is 0 Å². The molecule has 0 aromatic carbocycles. The Balaban J connectivity index is 1.74. The number of hydrogen-bond donors (Lipinski definition) is 0. The average Bonchev–Trinajstić information content (AvgIpc) is 2.78. The fourth-order valence-electron chi connectivity index (χ4n) is 5.59. The number of ketones is 1. The summed E-state index contributed by atoms with van der Waals surface area (Å²) in [7, 11) is 0. The molecule has 1 aromatic rings. The van der Waals surface area contributed by atoms with Crippen molar-refractivity contribution in [2.24, 2.45) is 23.2 Å². The highest BCUT2D eigenvalue weighted by molar-refractivity contribution is 9.10. The van der Waals surface area contributed by atoms with Crippen molar-refractivity contribution in [3.8, 4) is 0 Å². The predicted octanol–water partition coefficient (Wildman–Crippen LogP) is 4.63. The zero-order valence-electron chi connectivity index (χ0n) is 12.8. The smallest absolute Gasteiger partial charge is 0.188 e. The molecule has 21 heavy (non-hydrogen) atoms. The number of carbonyl (C=O) groups excluding carboxylic acids is 1. The number of carbonyl (C=O) groups is 1. The average molecular weight is 351 g/mol. The summed E-state index contributed by atoms with van der Waals surface area (Å²) in [5.74, 6) is 2.76. The molecular formula is C17H23BrN2O. The Hall–Kier alpha value is -0.640. The van der Waals surface area contributed by atoms with E-state index in [9.17, 15) is 4.79 Å². The molecule has 4 bridgehead atoms. The molecule has 4 saturated carbocycles. The Morgan fingerprint density at radius 1 is 1.24 bits per heavy atom. The summed E-state index contributed by atoms with van der Waals surface area (Å²) in [4.78, 5) is 13.4. The van der Waals surface area contributed by atoms with Crippen LogP contribution >= 0.6 is 15.9 Å². The first-order chi connectivity index (χ1) is 9.98. The van der Waals surface area contributed by atoms with Gasteiger partial charge in [0, 0.05) is 11.5 Å². The molecule has 0 saturated heterocycles. The van der Waals surface area contributed by atoms with Crippen molar-refractivity contribution in [3.63, 3.8) is 0 Å². The Bertz CT molecular complexity index is 554. The summed E-state index contributed by atoms with van der Waals surface area (Å²) in [6.07, 6.45) is 9.26. The molecule has 0 aliphatic heterocycles. The van der Waals surface area contributed by atoms with Gasteiger partial charge in [0.05, 0.1) is 10.7 Å². The van der Waals surface area contributed by atoms with Gasteiger partial charge in [-0.3, -0.25) is 9.48 Å². The first-order valence-corrected chi connectivity index (χ1v) is 9.05. The number of nitrogens with zero attached hydrogens (tertiary/aromatic N) is 2. The maximum atomic E-state index is 13.4. The van der Waals surface area contributed by atoms with Gasteiger partial charge in [0.25, 0.3) is 0 Å². The van der Waals surface area contributed by atoms with Crippen LogP contribution in [0.15, 0.2) is 10.7 Å². The zero-order chi connectivity index (χ0) is 14.8. The molecule has 3 nitrogen and oxygen atoms in total. The highest BCUT2D eigenvalue weighted by Gasteiger charge is 2.55. The van der Waals surface area contributed by atoms with E-state index in [1.807, 2.05) is 4.68 Å². The second-order valence-corrected chi connectivity index (χ2v) is 8.76. The van der Waals surface area contributed by atoms with Gasteiger partial charge in [-0.1, -0.05) is 0 Å². The van der Waals surface area contributed by atoms with Crippen LogP contribution in [-0.2, 0) is 0 Å². The molecule has 0 N–H and O–H groups in total. The van der Waals surface area contributed by atoms with E-state index in [0.29, 0.717) is 5.78 Å². The predicted molar refractivity (Wildman–Crippen MR) is 85.2 cm³/mol. The third-order valence-electron chi connectivity index (χ3n) is 5.97. The van der Waals surface area contributed by atoms with Crippen LogP contribution in [-0.4, -0.2) is 15.6 Å². The van der Waals surface area contributed by atoms with Gasteiger partial charge in [0.2, 0.25) is 0 Å². The Morgan fingerprint density at radius 3 is 2.24 bits per heavy atom. The van der Waals surface area contributed by atoms with Gasteiger partial charge in [-0.25, -0.2) is 0 Å². The van der Waals surface area contributed by atoms with E-state index in [1.54, 1.807) is 6.20 Å². The minimum Gasteiger partial charge on any atom is -0.292 e. The summed E-state index contributed by atoms with van der Waals surface area (Å²) in [5, 5.41) is 4.41. The number of Topliss-reactive ketones (excluding diaryl/α,β-unsaturated/α-hetero) is 1. The largest absolute Gasteiger partial charge is 0.292 e. The van der Waals surface area contributed by atoms with Crippen LogP contribution in [0.25, 0.3) is 0 Å². The van der Waals surface area contributed by atoms with Crippen molar-refractivity contribution in [1.29, 1.82) is 0 Å². The normalized spacial score (nSPS) is 37.4. The number of hydrogen-bond acceptors (Lipinski definition) is 2.